The summed E-state index contributed by atoms with van der Waals surface area (Å²) in [5, 5.41) is 6.98. The predicted octanol–water partition coefficient (Wildman–Crippen LogP) is 2.55. The van der Waals surface area contributed by atoms with Crippen LogP contribution in [0.5, 0.6) is 0 Å². The van der Waals surface area contributed by atoms with E-state index < -0.39 is 5.97 Å². The molecule has 3 rings (SSSR count). The van der Waals surface area contributed by atoms with Crippen molar-refractivity contribution in [1.82, 2.24) is 10.2 Å². The zero-order chi connectivity index (χ0) is 13.2. The Hall–Kier alpha value is -2.36. The van der Waals surface area contributed by atoms with Crippen LogP contribution in [0.15, 0.2) is 36.4 Å². The molecule has 4 nitrogen and oxygen atoms in total. The SMILES string of the molecule is COC(=O)c1n[nH]c2c1C=CC(c1ccccc1)C2. The Bertz CT molecular complexity index is 629. The summed E-state index contributed by atoms with van der Waals surface area (Å²) in [6.45, 7) is 0. The number of nitrogens with zero attached hydrogens (tertiary/aromatic N) is 1. The quantitative estimate of drug-likeness (QED) is 0.838. The van der Waals surface area contributed by atoms with Gasteiger partial charge < -0.3 is 4.74 Å². The Morgan fingerprint density at radius 2 is 2.16 bits per heavy atom. The molecule has 0 spiro atoms. The summed E-state index contributed by atoms with van der Waals surface area (Å²) in [5.41, 5.74) is 3.45. The van der Waals surface area contributed by atoms with Crippen molar-refractivity contribution in [2.75, 3.05) is 7.11 Å². The monoisotopic (exact) mass is 254 g/mol. The van der Waals surface area contributed by atoms with Gasteiger partial charge in [0.25, 0.3) is 0 Å². The minimum Gasteiger partial charge on any atom is -0.464 e. The van der Waals surface area contributed by atoms with Gasteiger partial charge in [-0.3, -0.25) is 5.10 Å². The van der Waals surface area contributed by atoms with Crippen molar-refractivity contribution in [1.29, 1.82) is 0 Å². The molecule has 1 aromatic heterocycles. The van der Waals surface area contributed by atoms with Gasteiger partial charge in [-0.1, -0.05) is 42.5 Å². The highest BCUT2D eigenvalue weighted by atomic mass is 16.5. The lowest BCUT2D eigenvalue weighted by atomic mass is 9.88. The number of ether oxygens (including phenoxy) is 1. The molecule has 0 saturated heterocycles. The van der Waals surface area contributed by atoms with Crippen molar-refractivity contribution in [2.45, 2.75) is 12.3 Å². The van der Waals surface area contributed by atoms with Crippen molar-refractivity contribution in [3.05, 3.63) is 58.9 Å². The molecule has 19 heavy (non-hydrogen) atoms. The number of carbonyl (C=O) groups excluding carboxylic acids is 1. The topological polar surface area (TPSA) is 55.0 Å². The molecule has 1 aromatic carbocycles. The molecule has 0 fully saturated rings. The lowest BCUT2D eigenvalue weighted by molar-refractivity contribution is 0.0593. The smallest absolute Gasteiger partial charge is 0.359 e. The molecule has 0 amide bonds. The molecule has 1 unspecified atom stereocenters. The second-order valence-corrected chi connectivity index (χ2v) is 4.54. The van der Waals surface area contributed by atoms with Crippen LogP contribution in [0.4, 0.5) is 0 Å². The number of allylic oxidation sites excluding steroid dienone is 1. The molecule has 1 aliphatic rings. The summed E-state index contributed by atoms with van der Waals surface area (Å²) in [7, 11) is 1.36. The first-order valence-corrected chi connectivity index (χ1v) is 6.18. The second kappa shape index (κ2) is 4.72. The number of esters is 1. The van der Waals surface area contributed by atoms with Crippen LogP contribution in [-0.4, -0.2) is 23.3 Å². The summed E-state index contributed by atoms with van der Waals surface area (Å²) >= 11 is 0. The van der Waals surface area contributed by atoms with Crippen molar-refractivity contribution in [3.63, 3.8) is 0 Å². The number of hydrogen-bond acceptors (Lipinski definition) is 3. The fourth-order valence-corrected chi connectivity index (χ4v) is 2.40. The van der Waals surface area contributed by atoms with Gasteiger partial charge in [-0.05, 0) is 5.56 Å². The summed E-state index contributed by atoms with van der Waals surface area (Å²) in [4.78, 5) is 11.6. The molecule has 1 N–H and O–H groups in total. The minimum absolute atomic E-state index is 0.319. The normalized spacial score (nSPS) is 17.0. The molecule has 0 saturated carbocycles. The van der Waals surface area contributed by atoms with E-state index >= 15 is 0 Å². The highest BCUT2D eigenvalue weighted by molar-refractivity contribution is 5.92. The van der Waals surface area contributed by atoms with Crippen LogP contribution in [0.2, 0.25) is 0 Å². The first kappa shape index (κ1) is 11.7. The molecule has 1 atom stereocenters. The average molecular weight is 254 g/mol. The summed E-state index contributed by atoms with van der Waals surface area (Å²) < 4.78 is 4.72. The molecule has 0 radical (unpaired) electrons. The van der Waals surface area contributed by atoms with Gasteiger partial charge in [0.2, 0.25) is 0 Å². The lowest BCUT2D eigenvalue weighted by Crippen LogP contribution is -2.08. The molecule has 0 aliphatic heterocycles. The van der Waals surface area contributed by atoms with Crippen LogP contribution in [0.25, 0.3) is 6.08 Å². The summed E-state index contributed by atoms with van der Waals surface area (Å²) in [5.74, 6) is -0.0834. The van der Waals surface area contributed by atoms with E-state index in [4.69, 9.17) is 4.74 Å². The number of benzene rings is 1. The fourth-order valence-electron chi connectivity index (χ4n) is 2.40. The molecular weight excluding hydrogens is 240 g/mol. The van der Waals surface area contributed by atoms with E-state index in [1.165, 1.54) is 12.7 Å². The predicted molar refractivity (Wildman–Crippen MR) is 71.8 cm³/mol. The first-order valence-electron chi connectivity index (χ1n) is 6.18. The second-order valence-electron chi connectivity index (χ2n) is 4.54. The van der Waals surface area contributed by atoms with Gasteiger partial charge in [0.05, 0.1) is 7.11 Å². The van der Waals surface area contributed by atoms with Gasteiger partial charge >= 0.3 is 5.97 Å². The van der Waals surface area contributed by atoms with Crippen LogP contribution >= 0.6 is 0 Å². The van der Waals surface area contributed by atoms with Crippen molar-refractivity contribution in [3.8, 4) is 0 Å². The Kier molecular flexibility index (Phi) is 2.91. The van der Waals surface area contributed by atoms with Crippen LogP contribution < -0.4 is 0 Å². The highest BCUT2D eigenvalue weighted by Crippen LogP contribution is 2.30. The molecule has 0 bridgehead atoms. The molecule has 4 heteroatoms. The zero-order valence-corrected chi connectivity index (χ0v) is 10.6. The van der Waals surface area contributed by atoms with E-state index in [1.807, 2.05) is 24.3 Å². The minimum atomic E-state index is -0.402. The Morgan fingerprint density at radius 1 is 1.37 bits per heavy atom. The molecular formula is C15H14N2O2. The third-order valence-corrected chi connectivity index (χ3v) is 3.41. The number of aromatic nitrogens is 2. The average Bonchev–Trinajstić information content (AvgIpc) is 2.90. The van der Waals surface area contributed by atoms with Crippen molar-refractivity contribution >= 4 is 12.0 Å². The maximum absolute atomic E-state index is 11.6. The third-order valence-electron chi connectivity index (χ3n) is 3.41. The van der Waals surface area contributed by atoms with Crippen molar-refractivity contribution < 1.29 is 9.53 Å². The number of hydrogen-bond donors (Lipinski definition) is 1. The van der Waals surface area contributed by atoms with Gasteiger partial charge in [-0.2, -0.15) is 5.10 Å². The Labute approximate surface area is 111 Å². The summed E-state index contributed by atoms with van der Waals surface area (Å²) in [6.07, 6.45) is 4.88. The number of aromatic amines is 1. The summed E-state index contributed by atoms with van der Waals surface area (Å²) in [6, 6.07) is 10.3. The maximum Gasteiger partial charge on any atom is 0.359 e. The van der Waals surface area contributed by atoms with Crippen molar-refractivity contribution in [2.24, 2.45) is 0 Å². The van der Waals surface area contributed by atoms with Gasteiger partial charge in [0.15, 0.2) is 5.69 Å². The van der Waals surface area contributed by atoms with E-state index in [-0.39, 0.29) is 0 Å². The van der Waals surface area contributed by atoms with E-state index in [9.17, 15) is 4.79 Å². The Balaban J connectivity index is 1.91. The maximum atomic E-state index is 11.6. The Morgan fingerprint density at radius 3 is 2.89 bits per heavy atom. The van der Waals surface area contributed by atoms with Gasteiger partial charge in [0.1, 0.15) is 0 Å². The molecule has 1 heterocycles. The van der Waals surface area contributed by atoms with Gasteiger partial charge in [-0.15, -0.1) is 0 Å². The van der Waals surface area contributed by atoms with Crippen LogP contribution in [0, 0.1) is 0 Å². The molecule has 96 valence electrons. The third kappa shape index (κ3) is 2.05. The van der Waals surface area contributed by atoms with E-state index in [0.29, 0.717) is 11.6 Å². The van der Waals surface area contributed by atoms with Gasteiger partial charge in [-0.25, -0.2) is 4.79 Å². The van der Waals surface area contributed by atoms with Gasteiger partial charge in [0, 0.05) is 23.6 Å². The molecule has 1 aliphatic carbocycles. The van der Waals surface area contributed by atoms with Crippen LogP contribution in [0.1, 0.15) is 33.2 Å². The lowest BCUT2D eigenvalue weighted by Gasteiger charge is -2.16. The highest BCUT2D eigenvalue weighted by Gasteiger charge is 2.23. The number of fused-ring (bicyclic) bond motifs is 1. The number of nitrogens with one attached hydrogen (secondary N) is 1. The number of H-pyrrole nitrogens is 1. The van der Waals surface area contributed by atoms with E-state index in [0.717, 1.165) is 17.7 Å². The number of methoxy groups -OCH3 is 1. The number of carbonyl (C=O) groups is 1. The standard InChI is InChI=1S/C15H14N2O2/c1-19-15(18)14-12-8-7-11(9-13(12)16-17-14)10-5-3-2-4-6-10/h2-8,11H,9H2,1H3,(H,16,17). The zero-order valence-electron chi connectivity index (χ0n) is 10.6. The number of rotatable bonds is 2. The first-order chi connectivity index (χ1) is 9.29. The van der Waals surface area contributed by atoms with E-state index in [1.54, 1.807) is 0 Å². The van der Waals surface area contributed by atoms with Crippen LogP contribution in [0.3, 0.4) is 0 Å². The fraction of sp³-hybridized carbons (Fsp3) is 0.200. The van der Waals surface area contributed by atoms with E-state index in [2.05, 4.69) is 28.4 Å². The van der Waals surface area contributed by atoms with Crippen LogP contribution in [-0.2, 0) is 11.2 Å². The largest absolute Gasteiger partial charge is 0.464 e. The molecule has 2 aromatic rings.